The molecular formula is C21H21ClN5O2+. The van der Waals surface area contributed by atoms with Crippen molar-refractivity contribution in [2.75, 3.05) is 18.9 Å². The first-order valence-corrected chi connectivity index (χ1v) is 9.43. The molecule has 0 aliphatic rings. The van der Waals surface area contributed by atoms with Gasteiger partial charge in [0.25, 0.3) is 5.91 Å². The predicted octanol–water partition coefficient (Wildman–Crippen LogP) is 2.55. The molecule has 0 aliphatic heterocycles. The highest BCUT2D eigenvalue weighted by atomic mass is 35.5. The number of aromatic amines is 1. The van der Waals surface area contributed by atoms with E-state index in [0.717, 1.165) is 10.4 Å². The van der Waals surface area contributed by atoms with Gasteiger partial charge in [0.2, 0.25) is 0 Å². The maximum atomic E-state index is 12.3. The largest absolute Gasteiger partial charge is 0.505 e. The topological polar surface area (TPSA) is 106 Å². The Balaban J connectivity index is 1.74. The molecule has 3 aromatic rings. The number of likely N-dealkylation sites (N-methyl/N-ethyl adjacent to an activating group) is 1. The van der Waals surface area contributed by atoms with E-state index in [1.165, 1.54) is 0 Å². The molecule has 0 saturated carbocycles. The SMILES string of the molecule is C[C@H](/C(O)=C(\C#N)c1nc2ccccc2[nH]1)[NH+](C)CC(=O)Nc1ccc(Cl)cc1. The summed E-state index contributed by atoms with van der Waals surface area (Å²) in [6.45, 7) is 1.85. The summed E-state index contributed by atoms with van der Waals surface area (Å²) in [4.78, 5) is 20.5. The van der Waals surface area contributed by atoms with Gasteiger partial charge in [-0.2, -0.15) is 5.26 Å². The number of amides is 1. The number of aliphatic hydroxyl groups is 1. The van der Waals surface area contributed by atoms with Crippen molar-refractivity contribution in [2.24, 2.45) is 0 Å². The Morgan fingerprint density at radius 1 is 1.31 bits per heavy atom. The number of carbonyl (C=O) groups is 1. The summed E-state index contributed by atoms with van der Waals surface area (Å²) in [5.74, 6) is -0.0356. The van der Waals surface area contributed by atoms with Crippen LogP contribution in [0.15, 0.2) is 54.3 Å². The minimum absolute atomic E-state index is 0.0613. The van der Waals surface area contributed by atoms with Crippen LogP contribution >= 0.6 is 11.6 Å². The van der Waals surface area contributed by atoms with Crippen molar-refractivity contribution in [3.8, 4) is 6.07 Å². The Labute approximate surface area is 173 Å². The van der Waals surface area contributed by atoms with Crippen molar-refractivity contribution in [3.05, 3.63) is 65.1 Å². The van der Waals surface area contributed by atoms with Crippen molar-refractivity contribution < 1.29 is 14.8 Å². The van der Waals surface area contributed by atoms with Gasteiger partial charge in [0.15, 0.2) is 18.1 Å². The molecule has 148 valence electrons. The molecule has 0 aliphatic carbocycles. The number of H-pyrrole nitrogens is 1. The number of aromatic nitrogens is 2. The first kappa shape index (κ1) is 20.4. The lowest BCUT2D eigenvalue weighted by Gasteiger charge is -2.21. The number of benzene rings is 2. The smallest absolute Gasteiger partial charge is 0.279 e. The quantitative estimate of drug-likeness (QED) is 0.370. The highest BCUT2D eigenvalue weighted by Crippen LogP contribution is 2.19. The van der Waals surface area contributed by atoms with Crippen LogP contribution in [0, 0.1) is 11.3 Å². The highest BCUT2D eigenvalue weighted by Gasteiger charge is 2.25. The Kier molecular flexibility index (Phi) is 6.17. The van der Waals surface area contributed by atoms with Crippen molar-refractivity contribution in [1.29, 1.82) is 5.26 Å². The van der Waals surface area contributed by atoms with Crippen LogP contribution in [0.1, 0.15) is 12.7 Å². The lowest BCUT2D eigenvalue weighted by atomic mass is 10.1. The lowest BCUT2D eigenvalue weighted by Crippen LogP contribution is -3.13. The van der Waals surface area contributed by atoms with Crippen LogP contribution in [0.4, 0.5) is 5.69 Å². The molecule has 1 heterocycles. The van der Waals surface area contributed by atoms with E-state index in [4.69, 9.17) is 11.6 Å². The Bertz CT molecular complexity index is 1070. The van der Waals surface area contributed by atoms with Crippen LogP contribution in [0.3, 0.4) is 0 Å². The molecule has 1 aromatic heterocycles. The van der Waals surface area contributed by atoms with E-state index < -0.39 is 6.04 Å². The molecule has 0 bridgehead atoms. The molecule has 0 saturated heterocycles. The van der Waals surface area contributed by atoms with Gasteiger partial charge in [-0.05, 0) is 43.3 Å². The van der Waals surface area contributed by atoms with Crippen molar-refractivity contribution in [1.82, 2.24) is 9.97 Å². The predicted molar refractivity (Wildman–Crippen MR) is 113 cm³/mol. The fraction of sp³-hybridized carbons (Fsp3) is 0.190. The number of quaternary nitrogens is 1. The number of allylic oxidation sites excluding steroid dienone is 1. The van der Waals surface area contributed by atoms with E-state index >= 15 is 0 Å². The van der Waals surface area contributed by atoms with E-state index in [0.29, 0.717) is 22.1 Å². The van der Waals surface area contributed by atoms with E-state index in [2.05, 4.69) is 15.3 Å². The molecule has 1 amide bonds. The molecular weight excluding hydrogens is 390 g/mol. The number of anilines is 1. The van der Waals surface area contributed by atoms with Crippen LogP contribution < -0.4 is 10.2 Å². The molecule has 1 unspecified atom stereocenters. The number of hydrogen-bond donors (Lipinski definition) is 4. The van der Waals surface area contributed by atoms with Gasteiger partial charge in [0.1, 0.15) is 17.7 Å². The number of nitrogens with one attached hydrogen (secondary N) is 3. The summed E-state index contributed by atoms with van der Waals surface area (Å²) < 4.78 is 0. The number of halogens is 1. The third-order valence-electron chi connectivity index (χ3n) is 4.71. The maximum Gasteiger partial charge on any atom is 0.279 e. The zero-order valence-electron chi connectivity index (χ0n) is 16.0. The van der Waals surface area contributed by atoms with Crippen LogP contribution in [-0.4, -0.2) is 40.6 Å². The maximum absolute atomic E-state index is 12.3. The standard InChI is InChI=1S/C21H20ClN5O2/c1-13(27(2)12-19(28)24-15-9-7-14(22)8-10-15)20(29)16(11-23)21-25-17-5-3-4-6-18(17)26-21/h3-10,13,29H,12H2,1-2H3,(H,24,28)(H,25,26)/p+1/b20-16-/t13-/m1/s1. The van der Waals surface area contributed by atoms with E-state index in [-0.39, 0.29) is 23.8 Å². The van der Waals surface area contributed by atoms with Crippen molar-refractivity contribution >= 4 is 39.8 Å². The van der Waals surface area contributed by atoms with Gasteiger partial charge in [-0.1, -0.05) is 23.7 Å². The van der Waals surface area contributed by atoms with Crippen molar-refractivity contribution in [2.45, 2.75) is 13.0 Å². The lowest BCUT2D eigenvalue weighted by molar-refractivity contribution is -0.891. The Morgan fingerprint density at radius 2 is 2.00 bits per heavy atom. The number of nitriles is 1. The Hall–Kier alpha value is -3.34. The van der Waals surface area contributed by atoms with Gasteiger partial charge in [-0.15, -0.1) is 0 Å². The number of nitrogens with zero attached hydrogens (tertiary/aromatic N) is 2. The highest BCUT2D eigenvalue weighted by molar-refractivity contribution is 6.30. The molecule has 2 atom stereocenters. The van der Waals surface area contributed by atoms with Gasteiger partial charge in [-0.25, -0.2) is 4.98 Å². The number of para-hydroxylation sites is 2. The first-order valence-electron chi connectivity index (χ1n) is 9.05. The summed E-state index contributed by atoms with van der Waals surface area (Å²) in [5.41, 5.74) is 2.18. The molecule has 8 heteroatoms. The zero-order chi connectivity index (χ0) is 21.0. The number of aliphatic hydroxyl groups excluding tert-OH is 1. The van der Waals surface area contributed by atoms with Crippen LogP contribution in [0.5, 0.6) is 0 Å². The number of rotatable bonds is 6. The Morgan fingerprint density at radius 3 is 2.66 bits per heavy atom. The zero-order valence-corrected chi connectivity index (χ0v) is 16.8. The summed E-state index contributed by atoms with van der Waals surface area (Å²) in [5, 5.41) is 23.6. The number of imidazole rings is 1. The van der Waals surface area contributed by atoms with Gasteiger partial charge in [0.05, 0.1) is 18.1 Å². The van der Waals surface area contributed by atoms with Gasteiger partial charge < -0.3 is 20.3 Å². The minimum Gasteiger partial charge on any atom is -0.505 e. The van der Waals surface area contributed by atoms with E-state index in [1.54, 1.807) is 38.2 Å². The molecule has 3 rings (SSSR count). The molecule has 2 aromatic carbocycles. The number of carbonyl (C=O) groups excluding carboxylic acids is 1. The van der Waals surface area contributed by atoms with Gasteiger partial charge in [-0.3, -0.25) is 4.79 Å². The second-order valence-electron chi connectivity index (χ2n) is 6.77. The van der Waals surface area contributed by atoms with Crippen LogP contribution in [-0.2, 0) is 4.79 Å². The minimum atomic E-state index is -0.492. The fourth-order valence-corrected chi connectivity index (χ4v) is 3.02. The van der Waals surface area contributed by atoms with Gasteiger partial charge >= 0.3 is 0 Å². The average Bonchev–Trinajstić information content (AvgIpc) is 3.13. The molecule has 7 nitrogen and oxygen atoms in total. The van der Waals surface area contributed by atoms with Crippen LogP contribution in [0.25, 0.3) is 16.6 Å². The molecule has 0 fully saturated rings. The van der Waals surface area contributed by atoms with Gasteiger partial charge in [0, 0.05) is 10.7 Å². The summed E-state index contributed by atoms with van der Waals surface area (Å²) in [6, 6.07) is 15.7. The third-order valence-corrected chi connectivity index (χ3v) is 4.96. The van der Waals surface area contributed by atoms with Crippen molar-refractivity contribution in [3.63, 3.8) is 0 Å². The normalized spacial score (nSPS) is 14.0. The molecule has 0 radical (unpaired) electrons. The first-order chi connectivity index (χ1) is 13.9. The summed E-state index contributed by atoms with van der Waals surface area (Å²) in [7, 11) is 1.77. The van der Waals surface area contributed by atoms with E-state index in [1.807, 2.05) is 30.3 Å². The van der Waals surface area contributed by atoms with E-state index in [9.17, 15) is 15.2 Å². The second kappa shape index (κ2) is 8.78. The number of hydrogen-bond acceptors (Lipinski definition) is 4. The van der Waals surface area contributed by atoms with Crippen LogP contribution in [0.2, 0.25) is 5.02 Å². The molecule has 29 heavy (non-hydrogen) atoms. The molecule has 4 N–H and O–H groups in total. The third kappa shape index (κ3) is 4.74. The molecule has 0 spiro atoms. The average molecular weight is 411 g/mol. The number of fused-ring (bicyclic) bond motifs is 1. The monoisotopic (exact) mass is 410 g/mol. The second-order valence-corrected chi connectivity index (χ2v) is 7.21. The summed E-state index contributed by atoms with van der Waals surface area (Å²) >= 11 is 5.84. The summed E-state index contributed by atoms with van der Waals surface area (Å²) in [6.07, 6.45) is 0. The fourth-order valence-electron chi connectivity index (χ4n) is 2.90.